The van der Waals surface area contributed by atoms with Crippen molar-refractivity contribution in [3.05, 3.63) is 65.5 Å². The number of halogens is 1. The van der Waals surface area contributed by atoms with Crippen LogP contribution in [0.15, 0.2) is 48.5 Å². The predicted octanol–water partition coefficient (Wildman–Crippen LogP) is 3.24. The van der Waals surface area contributed by atoms with Gasteiger partial charge in [0.1, 0.15) is 0 Å². The van der Waals surface area contributed by atoms with Crippen molar-refractivity contribution in [2.24, 2.45) is 0 Å². The van der Waals surface area contributed by atoms with Crippen molar-refractivity contribution in [1.82, 2.24) is 0 Å². The summed E-state index contributed by atoms with van der Waals surface area (Å²) in [6.07, 6.45) is 3.34. The topological polar surface area (TPSA) is 52.3 Å². The Morgan fingerprint density at radius 3 is 2.57 bits per heavy atom. The Balaban J connectivity index is 2.01. The first-order chi connectivity index (χ1) is 10.1. The van der Waals surface area contributed by atoms with Gasteiger partial charge in [0.05, 0.1) is 7.11 Å². The summed E-state index contributed by atoms with van der Waals surface area (Å²) in [5, 5.41) is 0. The molecule has 0 amide bonds. The number of rotatable bonds is 5. The molecule has 0 saturated heterocycles. The number of carbonyl (C=O) groups is 1. The second-order valence-corrected chi connectivity index (χ2v) is 4.61. The highest BCUT2D eigenvalue weighted by molar-refractivity contribution is 5.95. The summed E-state index contributed by atoms with van der Waals surface area (Å²) >= 11 is 0. The first-order valence-electron chi connectivity index (χ1n) is 6.47. The molecular weight excluding hydrogens is 269 g/mol. The molecule has 0 spiro atoms. The third-order valence-electron chi connectivity index (χ3n) is 2.99. The maximum Gasteiger partial charge on any atom is 0.165 e. The molecule has 0 fully saturated rings. The van der Waals surface area contributed by atoms with Crippen molar-refractivity contribution in [3.8, 4) is 5.75 Å². The highest BCUT2D eigenvalue weighted by Gasteiger charge is 2.06. The van der Waals surface area contributed by atoms with E-state index >= 15 is 0 Å². The van der Waals surface area contributed by atoms with Gasteiger partial charge in [-0.05, 0) is 41.5 Å². The van der Waals surface area contributed by atoms with Gasteiger partial charge in [-0.15, -0.1) is 0 Å². The molecule has 0 unspecified atom stereocenters. The van der Waals surface area contributed by atoms with E-state index in [9.17, 15) is 9.18 Å². The molecule has 3 nitrogen and oxygen atoms in total. The minimum Gasteiger partial charge on any atom is -0.494 e. The number of methoxy groups -OCH3 is 1. The molecule has 2 aromatic carbocycles. The lowest BCUT2D eigenvalue weighted by molar-refractivity contribution is -0.113. The fraction of sp³-hybridized carbons (Fsp3) is 0.118. The minimum atomic E-state index is -0.467. The van der Waals surface area contributed by atoms with Gasteiger partial charge in [0.2, 0.25) is 0 Å². The van der Waals surface area contributed by atoms with Crippen molar-refractivity contribution in [2.45, 2.75) is 6.42 Å². The Morgan fingerprint density at radius 1 is 1.24 bits per heavy atom. The fourth-order valence-corrected chi connectivity index (χ4v) is 1.88. The second kappa shape index (κ2) is 6.70. The average Bonchev–Trinajstić information content (AvgIpc) is 2.47. The van der Waals surface area contributed by atoms with E-state index in [1.807, 2.05) is 12.1 Å². The number of nitrogen functional groups attached to an aromatic ring is 1. The molecule has 0 aliphatic carbocycles. The Kier molecular flexibility index (Phi) is 4.72. The van der Waals surface area contributed by atoms with Gasteiger partial charge in [0.15, 0.2) is 17.3 Å². The lowest BCUT2D eigenvalue weighted by atomic mass is 10.1. The zero-order valence-corrected chi connectivity index (χ0v) is 11.7. The van der Waals surface area contributed by atoms with Crippen LogP contribution in [0, 0.1) is 5.82 Å². The predicted molar refractivity (Wildman–Crippen MR) is 81.6 cm³/mol. The van der Waals surface area contributed by atoms with Gasteiger partial charge < -0.3 is 10.5 Å². The van der Waals surface area contributed by atoms with Gasteiger partial charge in [-0.2, -0.15) is 0 Å². The van der Waals surface area contributed by atoms with Crippen LogP contribution in [0.25, 0.3) is 6.08 Å². The zero-order valence-electron chi connectivity index (χ0n) is 11.7. The third kappa shape index (κ3) is 4.18. The molecule has 2 N–H and O–H groups in total. The van der Waals surface area contributed by atoms with Crippen LogP contribution in [0.1, 0.15) is 11.1 Å². The van der Waals surface area contributed by atoms with E-state index in [1.165, 1.54) is 25.3 Å². The molecule has 0 bridgehead atoms. The molecule has 21 heavy (non-hydrogen) atoms. The first-order valence-corrected chi connectivity index (χ1v) is 6.47. The van der Waals surface area contributed by atoms with E-state index < -0.39 is 5.82 Å². The molecule has 0 aliphatic rings. The highest BCUT2D eigenvalue weighted by Crippen LogP contribution is 2.18. The van der Waals surface area contributed by atoms with Crippen LogP contribution in [0.5, 0.6) is 5.75 Å². The molecule has 108 valence electrons. The van der Waals surface area contributed by atoms with Gasteiger partial charge in [0.25, 0.3) is 0 Å². The quantitative estimate of drug-likeness (QED) is 0.677. The molecule has 0 aliphatic heterocycles. The number of carbonyl (C=O) groups excluding carboxylic acids is 1. The van der Waals surface area contributed by atoms with Crippen LogP contribution in [-0.4, -0.2) is 12.9 Å². The zero-order chi connectivity index (χ0) is 15.2. The van der Waals surface area contributed by atoms with Gasteiger partial charge >= 0.3 is 0 Å². The second-order valence-electron chi connectivity index (χ2n) is 4.61. The average molecular weight is 285 g/mol. The molecule has 4 heteroatoms. The lowest BCUT2D eigenvalue weighted by Gasteiger charge is -2.03. The Labute approximate surface area is 122 Å². The Hall–Kier alpha value is -2.62. The number of hydrogen-bond donors (Lipinski definition) is 1. The standard InChI is InChI=1S/C17H16FNO2/c1-21-17-9-5-13(11-16(17)18)10-15(20)8-4-12-2-6-14(19)7-3-12/h2-9,11H,10,19H2,1H3/b8-4+. The number of benzene rings is 2. The molecule has 0 atom stereocenters. The molecule has 0 aromatic heterocycles. The summed E-state index contributed by atoms with van der Waals surface area (Å²) in [5.41, 5.74) is 7.76. The number of allylic oxidation sites excluding steroid dienone is 1. The number of ketones is 1. The van der Waals surface area contributed by atoms with E-state index in [2.05, 4.69) is 0 Å². The SMILES string of the molecule is COc1ccc(CC(=O)/C=C/c2ccc(N)cc2)cc1F. The summed E-state index contributed by atoms with van der Waals surface area (Å²) in [7, 11) is 1.40. The van der Waals surface area contributed by atoms with Crippen molar-refractivity contribution in [1.29, 1.82) is 0 Å². The monoisotopic (exact) mass is 285 g/mol. The molecule has 0 radical (unpaired) electrons. The number of nitrogens with two attached hydrogens (primary N) is 1. The molecule has 0 heterocycles. The van der Waals surface area contributed by atoms with E-state index in [1.54, 1.807) is 24.3 Å². The van der Waals surface area contributed by atoms with Crippen LogP contribution in [0.3, 0.4) is 0 Å². The summed E-state index contributed by atoms with van der Waals surface area (Å²) < 4.78 is 18.4. The maximum absolute atomic E-state index is 13.5. The normalized spacial score (nSPS) is 10.8. The number of hydrogen-bond acceptors (Lipinski definition) is 3. The summed E-state index contributed by atoms with van der Waals surface area (Å²) in [6.45, 7) is 0. The Bertz CT molecular complexity index is 663. The largest absolute Gasteiger partial charge is 0.494 e. The third-order valence-corrected chi connectivity index (χ3v) is 2.99. The summed E-state index contributed by atoms with van der Waals surface area (Å²) in [5.74, 6) is -0.398. The van der Waals surface area contributed by atoms with E-state index in [4.69, 9.17) is 10.5 Å². The van der Waals surface area contributed by atoms with Crippen molar-refractivity contribution >= 4 is 17.5 Å². The van der Waals surface area contributed by atoms with Gasteiger partial charge in [-0.25, -0.2) is 4.39 Å². The number of anilines is 1. The van der Waals surface area contributed by atoms with E-state index in [-0.39, 0.29) is 18.0 Å². The van der Waals surface area contributed by atoms with Gasteiger partial charge in [-0.1, -0.05) is 24.3 Å². The molecule has 2 rings (SSSR count). The smallest absolute Gasteiger partial charge is 0.165 e. The van der Waals surface area contributed by atoms with E-state index in [0.717, 1.165) is 5.56 Å². The van der Waals surface area contributed by atoms with E-state index in [0.29, 0.717) is 11.3 Å². The molecule has 2 aromatic rings. The van der Waals surface area contributed by atoms with Crippen LogP contribution in [0.4, 0.5) is 10.1 Å². The van der Waals surface area contributed by atoms with Crippen LogP contribution < -0.4 is 10.5 Å². The lowest BCUT2D eigenvalue weighted by Crippen LogP contribution is -1.99. The summed E-state index contributed by atoms with van der Waals surface area (Å²) in [4.78, 5) is 11.9. The van der Waals surface area contributed by atoms with Crippen LogP contribution in [-0.2, 0) is 11.2 Å². The van der Waals surface area contributed by atoms with Gasteiger partial charge in [-0.3, -0.25) is 4.79 Å². The fourth-order valence-electron chi connectivity index (χ4n) is 1.88. The Morgan fingerprint density at radius 2 is 1.95 bits per heavy atom. The molecule has 0 saturated carbocycles. The highest BCUT2D eigenvalue weighted by atomic mass is 19.1. The van der Waals surface area contributed by atoms with Crippen molar-refractivity contribution in [3.63, 3.8) is 0 Å². The van der Waals surface area contributed by atoms with Crippen LogP contribution in [0.2, 0.25) is 0 Å². The van der Waals surface area contributed by atoms with Gasteiger partial charge in [0, 0.05) is 12.1 Å². The van der Waals surface area contributed by atoms with Crippen LogP contribution >= 0.6 is 0 Å². The van der Waals surface area contributed by atoms with Crippen molar-refractivity contribution < 1.29 is 13.9 Å². The first kappa shape index (κ1) is 14.8. The maximum atomic E-state index is 13.5. The molecular formula is C17H16FNO2. The summed E-state index contributed by atoms with van der Waals surface area (Å²) in [6, 6.07) is 11.7. The van der Waals surface area contributed by atoms with Crippen molar-refractivity contribution in [2.75, 3.05) is 12.8 Å². The number of ether oxygens (including phenoxy) is 1. The minimum absolute atomic E-state index is 0.101.